The number of nitrogens with zero attached hydrogens (tertiary/aromatic N) is 2. The summed E-state index contributed by atoms with van der Waals surface area (Å²) in [6, 6.07) is 5.49. The van der Waals surface area contributed by atoms with Crippen LogP contribution in [0.15, 0.2) is 18.2 Å². The third-order valence-electron chi connectivity index (χ3n) is 4.97. The summed E-state index contributed by atoms with van der Waals surface area (Å²) in [5, 5.41) is 11.8. The molecule has 0 amide bonds. The van der Waals surface area contributed by atoms with Gasteiger partial charge < -0.3 is 0 Å². The third-order valence-corrected chi connectivity index (χ3v) is 5.20. The van der Waals surface area contributed by atoms with Gasteiger partial charge in [0.2, 0.25) is 0 Å². The van der Waals surface area contributed by atoms with Crippen molar-refractivity contribution in [3.63, 3.8) is 0 Å². The number of rotatable bonds is 3. The maximum atomic E-state index is 11.2. The first-order chi connectivity index (χ1) is 10.1. The van der Waals surface area contributed by atoms with Gasteiger partial charge in [0, 0.05) is 29.2 Å². The number of likely N-dealkylation sites (tertiary alicyclic amines) is 1. The second kappa shape index (κ2) is 6.32. The van der Waals surface area contributed by atoms with E-state index < -0.39 is 0 Å². The minimum atomic E-state index is -0.298. The van der Waals surface area contributed by atoms with Gasteiger partial charge in [-0.15, -0.1) is 0 Å². The maximum Gasteiger partial charge on any atom is 0.273 e. The lowest BCUT2D eigenvalue weighted by Crippen LogP contribution is -2.46. The summed E-state index contributed by atoms with van der Waals surface area (Å²) < 4.78 is 0. The van der Waals surface area contributed by atoms with Crippen LogP contribution in [-0.2, 0) is 6.54 Å². The molecule has 0 spiro atoms. The molecule has 1 aliphatic heterocycles. The number of piperidine rings is 1. The van der Waals surface area contributed by atoms with Gasteiger partial charge in [0.15, 0.2) is 0 Å². The molecule has 2 fully saturated rings. The Morgan fingerprint density at radius 3 is 2.81 bits per heavy atom. The molecule has 5 heteroatoms. The molecule has 21 heavy (non-hydrogen) atoms. The number of benzene rings is 1. The Balaban J connectivity index is 1.82. The van der Waals surface area contributed by atoms with E-state index in [-0.39, 0.29) is 10.6 Å². The minimum absolute atomic E-state index is 0.192. The van der Waals surface area contributed by atoms with E-state index in [0.717, 1.165) is 18.0 Å². The lowest BCUT2D eigenvalue weighted by atomic mass is 9.78. The highest BCUT2D eigenvalue weighted by atomic mass is 35.5. The summed E-state index contributed by atoms with van der Waals surface area (Å²) in [5.74, 6) is 0.783. The van der Waals surface area contributed by atoms with E-state index >= 15 is 0 Å². The van der Waals surface area contributed by atoms with Gasteiger partial charge in [0.1, 0.15) is 0 Å². The number of nitro benzene ring substituents is 1. The van der Waals surface area contributed by atoms with E-state index in [9.17, 15) is 10.1 Å². The quantitative estimate of drug-likeness (QED) is 0.614. The van der Waals surface area contributed by atoms with Crippen molar-refractivity contribution >= 4 is 17.3 Å². The molecule has 0 bridgehead atoms. The molecule has 1 heterocycles. The number of hydrogen-bond donors (Lipinski definition) is 0. The molecule has 3 rings (SSSR count). The van der Waals surface area contributed by atoms with Crippen molar-refractivity contribution in [1.29, 1.82) is 0 Å². The first-order valence-electron chi connectivity index (χ1n) is 7.82. The Labute approximate surface area is 130 Å². The van der Waals surface area contributed by atoms with Crippen molar-refractivity contribution in [1.82, 2.24) is 4.90 Å². The fraction of sp³-hybridized carbons (Fsp3) is 0.625. The van der Waals surface area contributed by atoms with Crippen LogP contribution >= 0.6 is 11.6 Å². The van der Waals surface area contributed by atoms with Crippen molar-refractivity contribution in [2.24, 2.45) is 5.92 Å². The Bertz CT molecular complexity index is 533. The zero-order valence-electron chi connectivity index (χ0n) is 12.1. The standard InChI is InChI=1S/C16H21ClN2O2/c17-14-7-8-16(19(20)21)13(10-14)11-18-9-3-5-12-4-1-2-6-15(12)18/h7-8,10,12,15H,1-6,9,11H2. The average Bonchev–Trinajstić information content (AvgIpc) is 2.47. The van der Waals surface area contributed by atoms with Crippen LogP contribution in [0.4, 0.5) is 5.69 Å². The van der Waals surface area contributed by atoms with Gasteiger partial charge in [-0.2, -0.15) is 0 Å². The highest BCUT2D eigenvalue weighted by Crippen LogP contribution is 2.37. The van der Waals surface area contributed by atoms with Crippen molar-refractivity contribution < 1.29 is 4.92 Å². The first kappa shape index (κ1) is 14.8. The largest absolute Gasteiger partial charge is 0.296 e. The van der Waals surface area contributed by atoms with Crippen LogP contribution in [0.3, 0.4) is 0 Å². The van der Waals surface area contributed by atoms with Gasteiger partial charge in [0.05, 0.1) is 4.92 Å². The summed E-state index contributed by atoms with van der Waals surface area (Å²) in [7, 11) is 0. The first-order valence-corrected chi connectivity index (χ1v) is 8.20. The molecule has 1 saturated carbocycles. The minimum Gasteiger partial charge on any atom is -0.296 e. The van der Waals surface area contributed by atoms with E-state index in [1.54, 1.807) is 12.1 Å². The van der Waals surface area contributed by atoms with Crippen LogP contribution < -0.4 is 0 Å². The molecule has 1 aromatic carbocycles. The van der Waals surface area contributed by atoms with Crippen LogP contribution in [0.5, 0.6) is 0 Å². The van der Waals surface area contributed by atoms with Crippen LogP contribution in [0, 0.1) is 16.0 Å². The number of hydrogen-bond acceptors (Lipinski definition) is 3. The fourth-order valence-electron chi connectivity index (χ4n) is 4.00. The van der Waals surface area contributed by atoms with Crippen molar-refractivity contribution in [2.75, 3.05) is 6.54 Å². The zero-order chi connectivity index (χ0) is 14.8. The third kappa shape index (κ3) is 3.22. The molecular weight excluding hydrogens is 288 g/mol. The molecule has 1 saturated heterocycles. The molecule has 4 nitrogen and oxygen atoms in total. The van der Waals surface area contributed by atoms with Crippen molar-refractivity contribution in [3.8, 4) is 0 Å². The summed E-state index contributed by atoms with van der Waals surface area (Å²) in [5.41, 5.74) is 0.941. The van der Waals surface area contributed by atoms with E-state index in [0.29, 0.717) is 17.6 Å². The summed E-state index contributed by atoms with van der Waals surface area (Å²) in [6.07, 6.45) is 7.70. The van der Waals surface area contributed by atoms with Gasteiger partial charge in [-0.3, -0.25) is 15.0 Å². The summed E-state index contributed by atoms with van der Waals surface area (Å²) >= 11 is 6.04. The predicted octanol–water partition coefficient (Wildman–Crippen LogP) is 4.40. The van der Waals surface area contributed by atoms with Gasteiger partial charge in [-0.1, -0.05) is 24.4 Å². The molecule has 2 aliphatic rings. The topological polar surface area (TPSA) is 46.4 Å². The lowest BCUT2D eigenvalue weighted by molar-refractivity contribution is -0.385. The monoisotopic (exact) mass is 308 g/mol. The number of halogens is 1. The van der Waals surface area contributed by atoms with Gasteiger partial charge in [-0.25, -0.2) is 0 Å². The molecule has 0 aromatic heterocycles. The maximum absolute atomic E-state index is 11.2. The SMILES string of the molecule is O=[N+]([O-])c1ccc(Cl)cc1CN1CCCC2CCCCC21. The van der Waals surface area contributed by atoms with Crippen LogP contribution in [0.1, 0.15) is 44.1 Å². The Morgan fingerprint density at radius 2 is 2.00 bits per heavy atom. The Hall–Kier alpha value is -1.13. The van der Waals surface area contributed by atoms with Crippen molar-refractivity contribution in [2.45, 2.75) is 51.1 Å². The normalized spacial score (nSPS) is 26.3. The van der Waals surface area contributed by atoms with E-state index in [1.165, 1.54) is 44.6 Å². The second-order valence-corrected chi connectivity index (χ2v) is 6.69. The molecule has 2 unspecified atom stereocenters. The highest BCUT2D eigenvalue weighted by molar-refractivity contribution is 6.30. The molecule has 114 valence electrons. The second-order valence-electron chi connectivity index (χ2n) is 6.25. The number of fused-ring (bicyclic) bond motifs is 1. The van der Waals surface area contributed by atoms with E-state index in [1.807, 2.05) is 0 Å². The average molecular weight is 309 g/mol. The van der Waals surface area contributed by atoms with Crippen LogP contribution in [0.2, 0.25) is 5.02 Å². The van der Waals surface area contributed by atoms with Gasteiger partial charge >= 0.3 is 0 Å². The predicted molar refractivity (Wildman–Crippen MR) is 83.5 cm³/mol. The molecule has 1 aromatic rings. The number of nitro groups is 1. The smallest absolute Gasteiger partial charge is 0.273 e. The van der Waals surface area contributed by atoms with Gasteiger partial charge in [0.25, 0.3) is 5.69 Å². The molecule has 2 atom stereocenters. The van der Waals surface area contributed by atoms with Crippen molar-refractivity contribution in [3.05, 3.63) is 38.9 Å². The molecule has 1 aliphatic carbocycles. The van der Waals surface area contributed by atoms with E-state index in [4.69, 9.17) is 11.6 Å². The lowest BCUT2D eigenvalue weighted by Gasteiger charge is -2.44. The summed E-state index contributed by atoms with van der Waals surface area (Å²) in [4.78, 5) is 13.4. The molecular formula is C16H21ClN2O2. The molecule has 0 N–H and O–H groups in total. The van der Waals surface area contributed by atoms with E-state index in [2.05, 4.69) is 4.90 Å². The Morgan fingerprint density at radius 1 is 1.24 bits per heavy atom. The van der Waals surface area contributed by atoms with Crippen LogP contribution in [0.25, 0.3) is 0 Å². The highest BCUT2D eigenvalue weighted by Gasteiger charge is 2.33. The summed E-state index contributed by atoms with van der Waals surface area (Å²) in [6.45, 7) is 1.70. The molecule has 0 radical (unpaired) electrons. The van der Waals surface area contributed by atoms with Gasteiger partial charge in [-0.05, 0) is 50.3 Å². The Kier molecular flexibility index (Phi) is 4.45. The zero-order valence-corrected chi connectivity index (χ0v) is 12.9. The fourth-order valence-corrected chi connectivity index (χ4v) is 4.20. The van der Waals surface area contributed by atoms with Crippen LogP contribution in [-0.4, -0.2) is 22.4 Å².